The number of aromatic nitrogens is 3. The smallest absolute Gasteiger partial charge is 0.388 e. The van der Waals surface area contributed by atoms with Crippen molar-refractivity contribution in [3.05, 3.63) is 38.9 Å². The van der Waals surface area contributed by atoms with Gasteiger partial charge in [0.05, 0.1) is 15.6 Å². The summed E-state index contributed by atoms with van der Waals surface area (Å²) in [6, 6.07) is 3.40. The van der Waals surface area contributed by atoms with E-state index in [9.17, 15) is 4.79 Å². The topological polar surface area (TPSA) is 74.7 Å². The van der Waals surface area contributed by atoms with Gasteiger partial charge in [-0.15, -0.1) is 5.10 Å². The number of rotatable bonds is 1. The minimum absolute atomic E-state index is 0.208. The molecule has 0 atom stereocenters. The van der Waals surface area contributed by atoms with Gasteiger partial charge < -0.3 is 9.40 Å². The van der Waals surface area contributed by atoms with Gasteiger partial charge in [-0.2, -0.15) is 0 Å². The van der Waals surface area contributed by atoms with E-state index in [1.807, 2.05) is 0 Å². The first-order valence-corrected chi connectivity index (χ1v) is 5.43. The van der Waals surface area contributed by atoms with Crippen molar-refractivity contribution in [3.8, 4) is 11.5 Å². The van der Waals surface area contributed by atoms with Crippen LogP contribution in [-0.4, -0.2) is 15.2 Å². The zero-order valence-corrected chi connectivity index (χ0v) is 9.76. The quantitative estimate of drug-likeness (QED) is 0.713. The first kappa shape index (κ1) is 10.4. The van der Waals surface area contributed by atoms with Crippen LogP contribution in [0.1, 0.15) is 0 Å². The fourth-order valence-electron chi connectivity index (χ4n) is 1.64. The second-order valence-corrected chi connectivity index (χ2v) is 4.25. The van der Waals surface area contributed by atoms with Gasteiger partial charge in [0.1, 0.15) is 0 Å². The number of hydrogen-bond donors (Lipinski definition) is 2. The number of hydrogen-bond acceptors (Lipinski definition) is 3. The van der Waals surface area contributed by atoms with Gasteiger partial charge >= 0.3 is 5.76 Å². The Kier molecular flexibility index (Phi) is 2.24. The second-order valence-electron chi connectivity index (χ2n) is 3.43. The Morgan fingerprint density at radius 2 is 2.00 bits per heavy atom. The normalized spacial score (nSPS) is 11.2. The van der Waals surface area contributed by atoms with E-state index in [1.54, 1.807) is 18.3 Å². The maximum Gasteiger partial charge on any atom is 0.434 e. The molecule has 7 heteroatoms. The van der Waals surface area contributed by atoms with Crippen molar-refractivity contribution in [1.29, 1.82) is 0 Å². The third-order valence-electron chi connectivity index (χ3n) is 2.39. The Morgan fingerprint density at radius 1 is 1.24 bits per heavy atom. The summed E-state index contributed by atoms with van der Waals surface area (Å²) in [5.74, 6) is -0.394. The molecule has 0 unspecified atom stereocenters. The molecule has 0 saturated heterocycles. The molecule has 0 aliphatic carbocycles. The molecule has 0 amide bonds. The summed E-state index contributed by atoms with van der Waals surface area (Å²) < 4.78 is 4.89. The predicted molar refractivity (Wildman–Crippen MR) is 64.4 cm³/mol. The van der Waals surface area contributed by atoms with Crippen molar-refractivity contribution in [2.75, 3.05) is 0 Å². The molecule has 3 rings (SSSR count). The average molecular weight is 270 g/mol. The van der Waals surface area contributed by atoms with Gasteiger partial charge in [0, 0.05) is 17.1 Å². The highest BCUT2D eigenvalue weighted by atomic mass is 35.5. The third kappa shape index (κ3) is 1.64. The fraction of sp³-hybridized carbons (Fsp3) is 0. The summed E-state index contributed by atoms with van der Waals surface area (Å²) in [5, 5.41) is 7.63. The maximum atomic E-state index is 10.9. The van der Waals surface area contributed by atoms with Crippen LogP contribution in [0, 0.1) is 0 Å². The monoisotopic (exact) mass is 269 g/mol. The Bertz CT molecular complexity index is 756. The molecule has 1 aromatic carbocycles. The lowest BCUT2D eigenvalue weighted by atomic mass is 10.2. The number of fused-ring (bicyclic) bond motifs is 1. The Labute approximate surface area is 104 Å². The molecule has 0 fully saturated rings. The zero-order valence-electron chi connectivity index (χ0n) is 8.25. The van der Waals surface area contributed by atoms with Crippen LogP contribution in [0.15, 0.2) is 27.5 Å². The molecule has 0 aliphatic heterocycles. The molecule has 3 aromatic rings. The predicted octanol–water partition coefficient (Wildman–Crippen LogP) is 2.82. The molecule has 17 heavy (non-hydrogen) atoms. The molecular formula is C10H5Cl2N3O2. The van der Waals surface area contributed by atoms with Gasteiger partial charge in [0.2, 0.25) is 0 Å². The maximum absolute atomic E-state index is 10.9. The molecule has 86 valence electrons. The van der Waals surface area contributed by atoms with Crippen molar-refractivity contribution >= 4 is 34.1 Å². The zero-order chi connectivity index (χ0) is 12.0. The summed E-state index contributed by atoms with van der Waals surface area (Å²) in [4.78, 5) is 13.9. The molecule has 2 heterocycles. The summed E-state index contributed by atoms with van der Waals surface area (Å²) in [5.41, 5.74) is 1.44. The molecule has 0 radical (unpaired) electrons. The number of nitrogens with one attached hydrogen (secondary N) is 2. The van der Waals surface area contributed by atoms with Crippen molar-refractivity contribution in [3.63, 3.8) is 0 Å². The van der Waals surface area contributed by atoms with Gasteiger partial charge in [0.15, 0.2) is 0 Å². The van der Waals surface area contributed by atoms with Crippen molar-refractivity contribution < 1.29 is 4.42 Å². The first-order valence-electron chi connectivity index (χ1n) is 4.67. The molecule has 2 aromatic heterocycles. The van der Waals surface area contributed by atoms with Crippen LogP contribution in [0.5, 0.6) is 0 Å². The van der Waals surface area contributed by atoms with Crippen LogP contribution >= 0.6 is 23.2 Å². The molecule has 0 aliphatic rings. The lowest BCUT2D eigenvalue weighted by Gasteiger charge is -1.97. The standard InChI is InChI=1S/C10H5Cl2N3O2/c11-6-1-4-5(9-14-15-10(16)17-9)3-13-8(4)2-7(6)12/h1-3,13H,(H,15,16). The average Bonchev–Trinajstić information content (AvgIpc) is 2.86. The Balaban J connectivity index is 2.31. The van der Waals surface area contributed by atoms with Crippen LogP contribution in [0.2, 0.25) is 10.0 Å². The Morgan fingerprint density at radius 3 is 2.71 bits per heavy atom. The highest BCUT2D eigenvalue weighted by Gasteiger charge is 2.13. The van der Waals surface area contributed by atoms with Gasteiger partial charge in [0.25, 0.3) is 5.89 Å². The summed E-state index contributed by atoms with van der Waals surface area (Å²) in [6.45, 7) is 0. The van der Waals surface area contributed by atoms with Crippen LogP contribution in [0.3, 0.4) is 0 Å². The number of halogens is 2. The lowest BCUT2D eigenvalue weighted by molar-refractivity contribution is 0.527. The van der Waals surface area contributed by atoms with Crippen molar-refractivity contribution in [2.45, 2.75) is 0 Å². The van der Waals surface area contributed by atoms with Crippen molar-refractivity contribution in [2.24, 2.45) is 0 Å². The van der Waals surface area contributed by atoms with E-state index < -0.39 is 5.76 Å². The van der Waals surface area contributed by atoms with Crippen LogP contribution in [-0.2, 0) is 0 Å². The molecule has 0 spiro atoms. The highest BCUT2D eigenvalue weighted by Crippen LogP contribution is 2.32. The fourth-order valence-corrected chi connectivity index (χ4v) is 1.97. The van der Waals surface area contributed by atoms with Crippen LogP contribution in [0.4, 0.5) is 0 Å². The lowest BCUT2D eigenvalue weighted by Crippen LogP contribution is -1.93. The van der Waals surface area contributed by atoms with Gasteiger partial charge in [-0.25, -0.2) is 9.89 Å². The SMILES string of the molecule is O=c1[nH]nc(-c2c[nH]c3cc(Cl)c(Cl)cc23)o1. The third-order valence-corrected chi connectivity index (χ3v) is 3.11. The van der Waals surface area contributed by atoms with E-state index in [0.29, 0.717) is 15.6 Å². The van der Waals surface area contributed by atoms with Crippen LogP contribution in [0.25, 0.3) is 22.4 Å². The minimum atomic E-state index is -0.602. The highest BCUT2D eigenvalue weighted by molar-refractivity contribution is 6.42. The van der Waals surface area contributed by atoms with Gasteiger partial charge in [-0.1, -0.05) is 23.2 Å². The number of H-pyrrole nitrogens is 2. The van der Waals surface area contributed by atoms with E-state index in [-0.39, 0.29) is 5.89 Å². The largest absolute Gasteiger partial charge is 0.434 e. The minimum Gasteiger partial charge on any atom is -0.388 e. The molecular weight excluding hydrogens is 265 g/mol. The van der Waals surface area contributed by atoms with E-state index >= 15 is 0 Å². The molecule has 2 N–H and O–H groups in total. The van der Waals surface area contributed by atoms with Gasteiger partial charge in [-0.05, 0) is 12.1 Å². The summed E-state index contributed by atoms with van der Waals surface area (Å²) in [7, 11) is 0. The van der Waals surface area contributed by atoms with Gasteiger partial charge in [-0.3, -0.25) is 0 Å². The molecule has 0 bridgehead atoms. The Hall–Kier alpha value is -1.72. The van der Waals surface area contributed by atoms with E-state index in [4.69, 9.17) is 27.6 Å². The number of aromatic amines is 2. The summed E-state index contributed by atoms with van der Waals surface area (Å²) >= 11 is 11.8. The summed E-state index contributed by atoms with van der Waals surface area (Å²) in [6.07, 6.45) is 1.68. The molecule has 0 saturated carbocycles. The first-order chi connectivity index (χ1) is 8.15. The number of nitrogens with zero attached hydrogens (tertiary/aromatic N) is 1. The van der Waals surface area contributed by atoms with E-state index in [2.05, 4.69) is 15.2 Å². The van der Waals surface area contributed by atoms with E-state index in [1.165, 1.54) is 0 Å². The number of benzene rings is 1. The van der Waals surface area contributed by atoms with E-state index in [0.717, 1.165) is 10.9 Å². The molecule has 5 nitrogen and oxygen atoms in total. The van der Waals surface area contributed by atoms with Crippen LogP contribution < -0.4 is 5.76 Å². The van der Waals surface area contributed by atoms with Crippen molar-refractivity contribution in [1.82, 2.24) is 15.2 Å². The second kappa shape index (κ2) is 3.65.